The summed E-state index contributed by atoms with van der Waals surface area (Å²) in [5.74, 6) is 0.616. The number of carbonyl (C=O) groups is 1. The molecule has 3 rings (SSSR count). The number of furan rings is 1. The highest BCUT2D eigenvalue weighted by Crippen LogP contribution is 2.36. The Bertz CT molecular complexity index is 979. The Hall–Kier alpha value is -2.76. The zero-order valence-electron chi connectivity index (χ0n) is 16.0. The molecule has 0 aliphatic carbocycles. The van der Waals surface area contributed by atoms with Gasteiger partial charge < -0.3 is 19.6 Å². The Morgan fingerprint density at radius 2 is 1.93 bits per heavy atom. The van der Waals surface area contributed by atoms with Crippen LogP contribution >= 0.6 is 11.6 Å². The normalized spacial score (nSPS) is 12.0. The van der Waals surface area contributed by atoms with E-state index in [2.05, 4.69) is 43.4 Å². The summed E-state index contributed by atoms with van der Waals surface area (Å²) >= 11 is 6.02. The predicted octanol–water partition coefficient (Wildman–Crippen LogP) is 5.47. The molecular formula is C22H22ClNO4. The van der Waals surface area contributed by atoms with Crippen LogP contribution in [0.1, 0.15) is 40.2 Å². The minimum Gasteiger partial charge on any atom is -0.496 e. The molecule has 0 bridgehead atoms. The summed E-state index contributed by atoms with van der Waals surface area (Å²) < 4.78 is 11.3. The van der Waals surface area contributed by atoms with Crippen LogP contribution < -0.4 is 10.1 Å². The summed E-state index contributed by atoms with van der Waals surface area (Å²) in [6, 6.07) is 15.2. The average molecular weight is 400 g/mol. The van der Waals surface area contributed by atoms with Gasteiger partial charge in [0.1, 0.15) is 17.3 Å². The molecule has 1 aromatic heterocycles. The highest BCUT2D eigenvalue weighted by atomic mass is 35.5. The number of carboxylic acid groups (broad SMARTS) is 1. The highest BCUT2D eigenvalue weighted by molar-refractivity contribution is 6.33. The number of halogens is 1. The molecule has 5 nitrogen and oxygen atoms in total. The van der Waals surface area contributed by atoms with Gasteiger partial charge in [-0.1, -0.05) is 41.4 Å². The fourth-order valence-corrected chi connectivity index (χ4v) is 3.16. The maximum absolute atomic E-state index is 11.4. The average Bonchev–Trinajstić information content (AvgIpc) is 3.14. The summed E-state index contributed by atoms with van der Waals surface area (Å²) in [7, 11) is 1.50. The fraction of sp³-hybridized carbons (Fsp3) is 0.227. The molecule has 0 spiro atoms. The van der Waals surface area contributed by atoms with Crippen molar-refractivity contribution in [3.63, 3.8) is 0 Å². The van der Waals surface area contributed by atoms with E-state index in [1.807, 2.05) is 6.07 Å². The Morgan fingerprint density at radius 1 is 1.21 bits per heavy atom. The molecule has 2 aromatic carbocycles. The molecule has 1 heterocycles. The van der Waals surface area contributed by atoms with Gasteiger partial charge in [0.2, 0.25) is 0 Å². The van der Waals surface area contributed by atoms with Crippen molar-refractivity contribution in [2.45, 2.75) is 26.4 Å². The van der Waals surface area contributed by atoms with Crippen molar-refractivity contribution in [1.29, 1.82) is 0 Å². The summed E-state index contributed by atoms with van der Waals surface area (Å²) in [5.41, 5.74) is 2.97. The zero-order valence-corrected chi connectivity index (χ0v) is 16.7. The summed E-state index contributed by atoms with van der Waals surface area (Å²) in [5, 5.41) is 12.9. The number of hydrogen-bond acceptors (Lipinski definition) is 4. The third-order valence-electron chi connectivity index (χ3n) is 4.61. The lowest BCUT2D eigenvalue weighted by Crippen LogP contribution is -2.17. The molecule has 0 saturated heterocycles. The van der Waals surface area contributed by atoms with E-state index in [0.717, 1.165) is 5.76 Å². The molecule has 0 fully saturated rings. The van der Waals surface area contributed by atoms with E-state index < -0.39 is 5.97 Å². The van der Waals surface area contributed by atoms with Crippen LogP contribution in [-0.4, -0.2) is 18.2 Å². The van der Waals surface area contributed by atoms with Crippen LogP contribution in [0.25, 0.3) is 11.3 Å². The van der Waals surface area contributed by atoms with Crippen LogP contribution in [0.5, 0.6) is 5.75 Å². The van der Waals surface area contributed by atoms with E-state index in [9.17, 15) is 9.90 Å². The highest BCUT2D eigenvalue weighted by Gasteiger charge is 2.18. The molecule has 0 saturated carbocycles. The molecular weight excluding hydrogens is 378 g/mol. The molecule has 146 valence electrons. The van der Waals surface area contributed by atoms with Gasteiger partial charge >= 0.3 is 5.97 Å². The molecule has 3 aromatic rings. The first-order valence-electron chi connectivity index (χ1n) is 8.89. The van der Waals surface area contributed by atoms with Crippen LogP contribution in [0.15, 0.2) is 52.9 Å². The second-order valence-corrected chi connectivity index (χ2v) is 7.02. The quantitative estimate of drug-likeness (QED) is 0.551. The summed E-state index contributed by atoms with van der Waals surface area (Å²) in [6.07, 6.45) is 0. The lowest BCUT2D eigenvalue weighted by atomic mass is 10.1. The number of benzene rings is 2. The van der Waals surface area contributed by atoms with E-state index in [1.165, 1.54) is 30.4 Å². The first kappa shape index (κ1) is 20.0. The third kappa shape index (κ3) is 4.38. The third-order valence-corrected chi connectivity index (χ3v) is 4.92. The van der Waals surface area contributed by atoms with Crippen LogP contribution in [0.4, 0.5) is 0 Å². The predicted molar refractivity (Wildman–Crippen MR) is 109 cm³/mol. The molecule has 28 heavy (non-hydrogen) atoms. The number of methoxy groups -OCH3 is 1. The number of rotatable bonds is 7. The molecule has 2 N–H and O–H groups in total. The second kappa shape index (κ2) is 8.50. The maximum atomic E-state index is 11.4. The van der Waals surface area contributed by atoms with Crippen molar-refractivity contribution in [3.05, 3.63) is 76.0 Å². The first-order chi connectivity index (χ1) is 13.4. The van der Waals surface area contributed by atoms with Crippen molar-refractivity contribution in [2.75, 3.05) is 7.11 Å². The fourth-order valence-electron chi connectivity index (χ4n) is 2.92. The van der Waals surface area contributed by atoms with Gasteiger partial charge in [0.05, 0.1) is 29.8 Å². The van der Waals surface area contributed by atoms with E-state index in [0.29, 0.717) is 23.6 Å². The smallest absolute Gasteiger partial charge is 0.337 e. The maximum Gasteiger partial charge on any atom is 0.337 e. The van der Waals surface area contributed by atoms with E-state index in [4.69, 9.17) is 20.8 Å². The topological polar surface area (TPSA) is 71.7 Å². The molecule has 0 aliphatic rings. The van der Waals surface area contributed by atoms with Crippen LogP contribution in [0.3, 0.4) is 0 Å². The van der Waals surface area contributed by atoms with Gasteiger partial charge in [-0.2, -0.15) is 0 Å². The largest absolute Gasteiger partial charge is 0.496 e. The Balaban J connectivity index is 1.77. The molecule has 0 radical (unpaired) electrons. The van der Waals surface area contributed by atoms with E-state index in [-0.39, 0.29) is 16.6 Å². The molecule has 6 heteroatoms. The van der Waals surface area contributed by atoms with E-state index >= 15 is 0 Å². The van der Waals surface area contributed by atoms with Gasteiger partial charge in [-0.25, -0.2) is 4.79 Å². The number of nitrogens with one attached hydrogen (secondary N) is 1. The van der Waals surface area contributed by atoms with Crippen molar-refractivity contribution < 1.29 is 19.1 Å². The van der Waals surface area contributed by atoms with Gasteiger partial charge in [-0.3, -0.25) is 0 Å². The van der Waals surface area contributed by atoms with Crippen molar-refractivity contribution in [1.82, 2.24) is 5.32 Å². The van der Waals surface area contributed by atoms with Crippen LogP contribution in [-0.2, 0) is 6.54 Å². The summed E-state index contributed by atoms with van der Waals surface area (Å²) in [6.45, 7) is 4.69. The number of ether oxygens (including phenoxy) is 1. The van der Waals surface area contributed by atoms with Crippen molar-refractivity contribution >= 4 is 17.6 Å². The van der Waals surface area contributed by atoms with Gasteiger partial charge in [-0.05, 0) is 37.6 Å². The minimum absolute atomic E-state index is 0.00142. The minimum atomic E-state index is -1.10. The number of aryl methyl sites for hydroxylation is 1. The first-order valence-corrected chi connectivity index (χ1v) is 9.26. The van der Waals surface area contributed by atoms with Crippen LogP contribution in [0, 0.1) is 6.92 Å². The standard InChI is InChI=1S/C22H22ClNO4/c1-13-4-6-15(7-5-13)14(2)24-12-16-8-9-20(28-16)18-10-17(22(25)26)19(23)11-21(18)27-3/h4-11,14,24H,12H2,1-3H3,(H,25,26). The SMILES string of the molecule is COc1cc(Cl)c(C(=O)O)cc1-c1ccc(CNC(C)c2ccc(C)cc2)o1. The lowest BCUT2D eigenvalue weighted by molar-refractivity contribution is 0.0697. The second-order valence-electron chi connectivity index (χ2n) is 6.62. The zero-order chi connectivity index (χ0) is 20.3. The number of carboxylic acids is 1. The van der Waals surface area contributed by atoms with Gasteiger partial charge in [0.15, 0.2) is 0 Å². The lowest BCUT2D eigenvalue weighted by Gasteiger charge is -2.13. The summed E-state index contributed by atoms with van der Waals surface area (Å²) in [4.78, 5) is 11.4. The van der Waals surface area contributed by atoms with Crippen LogP contribution in [0.2, 0.25) is 5.02 Å². The van der Waals surface area contributed by atoms with Gasteiger partial charge in [-0.15, -0.1) is 0 Å². The van der Waals surface area contributed by atoms with Gasteiger partial charge in [0, 0.05) is 12.1 Å². The van der Waals surface area contributed by atoms with Crippen molar-refractivity contribution in [3.8, 4) is 17.1 Å². The Labute approximate surface area is 168 Å². The molecule has 0 aliphatic heterocycles. The Kier molecular flexibility index (Phi) is 6.07. The number of hydrogen-bond donors (Lipinski definition) is 2. The van der Waals surface area contributed by atoms with Gasteiger partial charge in [0.25, 0.3) is 0 Å². The van der Waals surface area contributed by atoms with Crippen molar-refractivity contribution in [2.24, 2.45) is 0 Å². The monoisotopic (exact) mass is 399 g/mol. The molecule has 1 atom stereocenters. The number of aromatic carboxylic acids is 1. The molecule has 1 unspecified atom stereocenters. The Morgan fingerprint density at radius 3 is 2.57 bits per heavy atom. The molecule has 0 amide bonds. The van der Waals surface area contributed by atoms with E-state index in [1.54, 1.807) is 6.07 Å².